The minimum Gasteiger partial charge on any atom is -0.402 e. The number of halogens is 7. The predicted octanol–water partition coefficient (Wildman–Crippen LogP) is 2.83. The lowest BCUT2D eigenvalue weighted by atomic mass is 10.3. The molecule has 0 bridgehead atoms. The van der Waals surface area contributed by atoms with Gasteiger partial charge in [0.25, 0.3) is 9.05 Å². The molecule has 0 aromatic carbocycles. The lowest BCUT2D eigenvalue weighted by Gasteiger charge is -2.16. The maximum absolute atomic E-state index is 12.6. The van der Waals surface area contributed by atoms with E-state index in [-0.39, 0.29) is 6.20 Å². The molecule has 0 spiro atoms. The molecule has 7 nitrogen and oxygen atoms in total. The van der Waals surface area contributed by atoms with Gasteiger partial charge in [-0.3, -0.25) is 10.1 Å². The highest BCUT2D eigenvalue weighted by atomic mass is 35.7. The standard InChI is InChI=1S/C7HClF6N2O5S/c8-22(19,20)4-2(16(17)18)1-15-5(6(9,10)11)3(4)21-7(12,13)14/h1H. The molecule has 22 heavy (non-hydrogen) atoms. The fourth-order valence-corrected chi connectivity index (χ4v) is 2.43. The molecule has 1 heterocycles. The number of pyridine rings is 1. The molecule has 0 aliphatic rings. The van der Waals surface area contributed by atoms with Gasteiger partial charge in [-0.25, -0.2) is 13.4 Å². The Hall–Kier alpha value is -1.83. The summed E-state index contributed by atoms with van der Waals surface area (Å²) in [5, 5.41) is 10.6. The number of nitrogens with zero attached hydrogens (tertiary/aromatic N) is 2. The number of nitro groups is 1. The summed E-state index contributed by atoms with van der Waals surface area (Å²) in [6, 6.07) is 0. The summed E-state index contributed by atoms with van der Waals surface area (Å²) in [6.45, 7) is 0. The Morgan fingerprint density at radius 3 is 2.05 bits per heavy atom. The first-order valence-electron chi connectivity index (χ1n) is 4.59. The highest BCUT2D eigenvalue weighted by Gasteiger charge is 2.46. The van der Waals surface area contributed by atoms with Crippen molar-refractivity contribution in [2.75, 3.05) is 0 Å². The van der Waals surface area contributed by atoms with Crippen molar-refractivity contribution in [3.8, 4) is 5.75 Å². The van der Waals surface area contributed by atoms with Crippen LogP contribution < -0.4 is 4.74 Å². The molecule has 0 aliphatic carbocycles. The van der Waals surface area contributed by atoms with Crippen molar-refractivity contribution >= 4 is 25.4 Å². The van der Waals surface area contributed by atoms with E-state index in [1.165, 1.54) is 0 Å². The minimum absolute atomic E-state index is 0.193. The predicted molar refractivity (Wildman–Crippen MR) is 55.6 cm³/mol. The van der Waals surface area contributed by atoms with Gasteiger partial charge >= 0.3 is 18.2 Å². The Kier molecular flexibility index (Phi) is 4.49. The minimum atomic E-state index is -5.78. The maximum Gasteiger partial charge on any atom is 0.573 e. The second-order valence-electron chi connectivity index (χ2n) is 3.39. The first-order valence-corrected chi connectivity index (χ1v) is 6.90. The van der Waals surface area contributed by atoms with Crippen molar-refractivity contribution in [3.63, 3.8) is 0 Å². The van der Waals surface area contributed by atoms with Gasteiger partial charge < -0.3 is 4.74 Å². The molecule has 1 rings (SSSR count). The van der Waals surface area contributed by atoms with E-state index in [4.69, 9.17) is 0 Å². The second-order valence-corrected chi connectivity index (χ2v) is 5.89. The summed E-state index contributed by atoms with van der Waals surface area (Å²) in [5.74, 6) is -2.43. The van der Waals surface area contributed by atoms with E-state index in [0.717, 1.165) is 0 Å². The summed E-state index contributed by atoms with van der Waals surface area (Å²) in [5.41, 5.74) is -4.14. The normalized spacial score (nSPS) is 13.0. The second kappa shape index (κ2) is 5.42. The number of aromatic nitrogens is 1. The topological polar surface area (TPSA) is 99.4 Å². The van der Waals surface area contributed by atoms with Crippen LogP contribution in [-0.4, -0.2) is 24.7 Å². The van der Waals surface area contributed by atoms with Crippen LogP contribution >= 0.6 is 10.7 Å². The molecule has 0 atom stereocenters. The third kappa shape index (κ3) is 4.09. The molecule has 1 aromatic heterocycles. The lowest BCUT2D eigenvalue weighted by Crippen LogP contribution is -2.23. The first-order chi connectivity index (χ1) is 9.64. The molecule has 0 saturated carbocycles. The molecular weight excluding hydrogens is 374 g/mol. The van der Waals surface area contributed by atoms with Crippen LogP contribution in [0.5, 0.6) is 5.75 Å². The third-order valence-corrected chi connectivity index (χ3v) is 3.24. The summed E-state index contributed by atoms with van der Waals surface area (Å²) < 4.78 is 99.7. The van der Waals surface area contributed by atoms with Crippen molar-refractivity contribution in [1.29, 1.82) is 0 Å². The summed E-state index contributed by atoms with van der Waals surface area (Å²) in [7, 11) is -0.710. The summed E-state index contributed by atoms with van der Waals surface area (Å²) >= 11 is 0. The van der Waals surface area contributed by atoms with Crippen LogP contribution in [0.3, 0.4) is 0 Å². The fraction of sp³-hybridized carbons (Fsp3) is 0.286. The average Bonchev–Trinajstić information content (AvgIpc) is 2.22. The van der Waals surface area contributed by atoms with Gasteiger partial charge in [0.05, 0.1) is 4.92 Å². The van der Waals surface area contributed by atoms with E-state index in [1.807, 2.05) is 0 Å². The fourth-order valence-electron chi connectivity index (χ4n) is 1.24. The van der Waals surface area contributed by atoms with Crippen LogP contribution in [0, 0.1) is 10.1 Å². The Morgan fingerprint density at radius 2 is 1.73 bits per heavy atom. The van der Waals surface area contributed by atoms with Gasteiger partial charge in [0.1, 0.15) is 6.20 Å². The maximum atomic E-state index is 12.6. The molecular formula is C7HClF6N2O5S. The van der Waals surface area contributed by atoms with Crippen LogP contribution in [0.15, 0.2) is 11.1 Å². The number of alkyl halides is 6. The van der Waals surface area contributed by atoms with Crippen molar-refractivity contribution in [1.82, 2.24) is 4.98 Å². The molecule has 124 valence electrons. The highest BCUT2D eigenvalue weighted by molar-refractivity contribution is 8.14. The number of ether oxygens (including phenoxy) is 1. The monoisotopic (exact) mass is 374 g/mol. The van der Waals surface area contributed by atoms with Gasteiger partial charge in [0.2, 0.25) is 4.90 Å². The van der Waals surface area contributed by atoms with Crippen LogP contribution in [0.2, 0.25) is 0 Å². The smallest absolute Gasteiger partial charge is 0.402 e. The van der Waals surface area contributed by atoms with E-state index < -0.39 is 48.5 Å². The number of rotatable bonds is 3. The quantitative estimate of drug-likeness (QED) is 0.349. The van der Waals surface area contributed by atoms with Crippen molar-refractivity contribution in [2.45, 2.75) is 17.4 Å². The average molecular weight is 375 g/mol. The number of hydrogen-bond acceptors (Lipinski definition) is 6. The van der Waals surface area contributed by atoms with E-state index in [2.05, 4.69) is 20.4 Å². The van der Waals surface area contributed by atoms with Crippen molar-refractivity contribution in [3.05, 3.63) is 22.0 Å². The zero-order valence-corrected chi connectivity index (χ0v) is 11.1. The Bertz CT molecular complexity index is 715. The van der Waals surface area contributed by atoms with E-state index in [0.29, 0.717) is 0 Å². The zero-order valence-electron chi connectivity index (χ0n) is 9.57. The third-order valence-electron chi connectivity index (χ3n) is 1.90. The first kappa shape index (κ1) is 18.2. The molecule has 0 aliphatic heterocycles. The van der Waals surface area contributed by atoms with Crippen molar-refractivity contribution < 1.29 is 44.4 Å². The van der Waals surface area contributed by atoms with Gasteiger partial charge in [-0.2, -0.15) is 13.2 Å². The van der Waals surface area contributed by atoms with Gasteiger partial charge in [0, 0.05) is 10.7 Å². The molecule has 0 amide bonds. The van der Waals surface area contributed by atoms with Gasteiger partial charge in [-0.05, 0) is 0 Å². The van der Waals surface area contributed by atoms with Crippen molar-refractivity contribution in [2.24, 2.45) is 0 Å². The highest BCUT2D eigenvalue weighted by Crippen LogP contribution is 2.45. The Morgan fingerprint density at radius 1 is 1.23 bits per heavy atom. The molecule has 0 saturated heterocycles. The van der Waals surface area contributed by atoms with Gasteiger partial charge in [-0.1, -0.05) is 0 Å². The van der Waals surface area contributed by atoms with E-state index in [9.17, 15) is 44.9 Å². The summed E-state index contributed by atoms with van der Waals surface area (Å²) in [4.78, 5) is 9.31. The van der Waals surface area contributed by atoms with Crippen LogP contribution in [0.1, 0.15) is 5.69 Å². The van der Waals surface area contributed by atoms with Crippen LogP contribution in [-0.2, 0) is 15.2 Å². The zero-order chi connectivity index (χ0) is 17.5. The molecule has 0 N–H and O–H groups in total. The van der Waals surface area contributed by atoms with E-state index in [1.54, 1.807) is 0 Å². The SMILES string of the molecule is O=[N+]([O-])c1cnc(C(F)(F)F)c(OC(F)(F)F)c1S(=O)(=O)Cl. The largest absolute Gasteiger partial charge is 0.573 e. The summed E-state index contributed by atoms with van der Waals surface area (Å²) in [6.07, 6.45) is -11.6. The van der Waals surface area contributed by atoms with Gasteiger partial charge in [0.15, 0.2) is 11.4 Å². The lowest BCUT2D eigenvalue weighted by molar-refractivity contribution is -0.388. The van der Waals surface area contributed by atoms with E-state index >= 15 is 0 Å². The Labute approximate surface area is 121 Å². The van der Waals surface area contributed by atoms with Crippen LogP contribution in [0.25, 0.3) is 0 Å². The van der Waals surface area contributed by atoms with Crippen LogP contribution in [0.4, 0.5) is 32.0 Å². The van der Waals surface area contributed by atoms with Gasteiger partial charge in [-0.15, -0.1) is 13.2 Å². The molecule has 0 radical (unpaired) electrons. The Balaban J connectivity index is 3.92. The number of hydrogen-bond donors (Lipinski definition) is 0. The molecule has 1 aromatic rings. The molecule has 15 heteroatoms. The molecule has 0 fully saturated rings. The molecule has 0 unspecified atom stereocenters.